The van der Waals surface area contributed by atoms with Crippen LogP contribution in [0.1, 0.15) is 44.9 Å². The summed E-state index contributed by atoms with van der Waals surface area (Å²) in [6.45, 7) is 0.974. The van der Waals surface area contributed by atoms with Crippen LogP contribution in [0, 0.1) is 11.2 Å². The molecule has 164 valence electrons. The zero-order valence-electron chi connectivity index (χ0n) is 17.0. The van der Waals surface area contributed by atoms with Crippen LogP contribution in [0.15, 0.2) is 29.2 Å². The van der Waals surface area contributed by atoms with E-state index < -0.39 is 21.3 Å². The minimum atomic E-state index is -3.72. The van der Waals surface area contributed by atoms with Gasteiger partial charge in [-0.25, -0.2) is 12.8 Å². The summed E-state index contributed by atoms with van der Waals surface area (Å²) in [6.07, 6.45) is 5.52. The van der Waals surface area contributed by atoms with E-state index in [2.05, 4.69) is 5.32 Å². The van der Waals surface area contributed by atoms with Gasteiger partial charge in [-0.05, 0) is 49.9 Å². The number of hydrogen-bond acceptors (Lipinski definition) is 4. The molecule has 0 aromatic heterocycles. The maximum atomic E-state index is 13.4. The molecular formula is C21H28FN3O4S. The van der Waals surface area contributed by atoms with Crippen molar-refractivity contribution in [3.8, 4) is 0 Å². The maximum Gasteiger partial charge on any atom is 0.243 e. The number of benzene rings is 1. The zero-order chi connectivity index (χ0) is 21.4. The van der Waals surface area contributed by atoms with Crippen molar-refractivity contribution >= 4 is 21.8 Å². The predicted octanol–water partition coefficient (Wildman–Crippen LogP) is 1.89. The van der Waals surface area contributed by atoms with E-state index in [1.165, 1.54) is 16.4 Å². The Morgan fingerprint density at radius 3 is 2.20 bits per heavy atom. The van der Waals surface area contributed by atoms with Gasteiger partial charge in [-0.15, -0.1) is 0 Å². The zero-order valence-corrected chi connectivity index (χ0v) is 17.8. The molecule has 9 heteroatoms. The molecule has 1 N–H and O–H groups in total. The third kappa shape index (κ3) is 4.37. The summed E-state index contributed by atoms with van der Waals surface area (Å²) in [5.41, 5.74) is -0.656. The largest absolute Gasteiger partial charge is 0.353 e. The molecule has 0 spiro atoms. The van der Waals surface area contributed by atoms with Crippen LogP contribution >= 0.6 is 0 Å². The smallest absolute Gasteiger partial charge is 0.243 e. The summed E-state index contributed by atoms with van der Waals surface area (Å²) in [4.78, 5) is 27.5. The van der Waals surface area contributed by atoms with Gasteiger partial charge in [0.2, 0.25) is 21.8 Å². The van der Waals surface area contributed by atoms with Crippen LogP contribution in [0.25, 0.3) is 0 Å². The summed E-state index contributed by atoms with van der Waals surface area (Å²) in [5.74, 6) is -0.563. The Bertz CT molecular complexity index is 901. The van der Waals surface area contributed by atoms with E-state index in [1.807, 2.05) is 0 Å². The van der Waals surface area contributed by atoms with Gasteiger partial charge in [0.25, 0.3) is 0 Å². The van der Waals surface area contributed by atoms with E-state index in [0.29, 0.717) is 25.9 Å². The molecular weight excluding hydrogens is 409 g/mol. The summed E-state index contributed by atoms with van der Waals surface area (Å²) in [5, 5.41) is 2.99. The van der Waals surface area contributed by atoms with Crippen LogP contribution in [-0.4, -0.2) is 61.7 Å². The number of nitrogens with one attached hydrogen (secondary N) is 1. The van der Waals surface area contributed by atoms with Crippen LogP contribution in [0.2, 0.25) is 0 Å². The molecule has 4 rings (SSSR count). The van der Waals surface area contributed by atoms with Crippen molar-refractivity contribution in [1.82, 2.24) is 14.5 Å². The van der Waals surface area contributed by atoms with Gasteiger partial charge in [-0.1, -0.05) is 12.8 Å². The van der Waals surface area contributed by atoms with Crippen molar-refractivity contribution in [2.75, 3.05) is 26.2 Å². The second kappa shape index (κ2) is 8.26. The molecule has 1 aromatic rings. The number of sulfonamides is 1. The first-order chi connectivity index (χ1) is 14.3. The Hall–Kier alpha value is -2.00. The van der Waals surface area contributed by atoms with Gasteiger partial charge in [0, 0.05) is 38.6 Å². The highest BCUT2D eigenvalue weighted by atomic mass is 32.2. The number of halogens is 1. The Labute approximate surface area is 176 Å². The number of carbonyl (C=O) groups is 2. The first-order valence-electron chi connectivity index (χ1n) is 10.6. The monoisotopic (exact) mass is 437 g/mol. The molecule has 0 radical (unpaired) electrons. The van der Waals surface area contributed by atoms with E-state index in [0.717, 1.165) is 37.8 Å². The quantitative estimate of drug-likeness (QED) is 0.736. The lowest BCUT2D eigenvalue weighted by atomic mass is 9.80. The maximum absolute atomic E-state index is 13.4. The first-order valence-corrected chi connectivity index (χ1v) is 12.1. The van der Waals surface area contributed by atoms with Crippen LogP contribution in [0.5, 0.6) is 0 Å². The topological polar surface area (TPSA) is 86.8 Å². The number of rotatable bonds is 6. The molecule has 1 aliphatic heterocycles. The summed E-state index contributed by atoms with van der Waals surface area (Å²) >= 11 is 0. The molecule has 2 amide bonds. The molecule has 3 fully saturated rings. The molecule has 7 nitrogen and oxygen atoms in total. The van der Waals surface area contributed by atoms with Crippen LogP contribution in [-0.2, 0) is 19.6 Å². The van der Waals surface area contributed by atoms with Crippen molar-refractivity contribution in [2.24, 2.45) is 5.41 Å². The van der Waals surface area contributed by atoms with Crippen molar-refractivity contribution in [1.29, 1.82) is 0 Å². The first kappa shape index (κ1) is 21.2. The molecule has 0 unspecified atom stereocenters. The molecule has 0 atom stereocenters. The van der Waals surface area contributed by atoms with Crippen molar-refractivity contribution < 1.29 is 22.4 Å². The Morgan fingerprint density at radius 2 is 1.63 bits per heavy atom. The Balaban J connectivity index is 1.40. The summed E-state index contributed by atoms with van der Waals surface area (Å²) in [6, 6.07) is 5.04. The summed E-state index contributed by atoms with van der Waals surface area (Å²) < 4.78 is 40.1. The van der Waals surface area contributed by atoms with E-state index in [1.54, 1.807) is 4.90 Å². The Morgan fingerprint density at radius 1 is 1.03 bits per heavy atom. The highest BCUT2D eigenvalue weighted by Gasteiger charge is 2.46. The van der Waals surface area contributed by atoms with Gasteiger partial charge in [0.1, 0.15) is 5.82 Å². The van der Waals surface area contributed by atoms with E-state index >= 15 is 0 Å². The third-order valence-corrected chi connectivity index (χ3v) is 8.35. The second-order valence-corrected chi connectivity index (χ2v) is 10.6. The minimum Gasteiger partial charge on any atom is -0.353 e. The van der Waals surface area contributed by atoms with E-state index in [-0.39, 0.29) is 42.3 Å². The Kier molecular flexibility index (Phi) is 5.85. The normalized spacial score (nSPS) is 22.1. The molecule has 0 bridgehead atoms. The molecule has 1 aromatic carbocycles. The lowest BCUT2D eigenvalue weighted by Crippen LogP contribution is -2.54. The summed E-state index contributed by atoms with van der Waals surface area (Å²) in [7, 11) is -3.72. The predicted molar refractivity (Wildman–Crippen MR) is 108 cm³/mol. The SMILES string of the molecule is O=C(CC1(C(=O)N2CCN(S(=O)(=O)c3ccc(F)cc3)CC2)CCCC1)NC1CC1. The lowest BCUT2D eigenvalue weighted by Gasteiger charge is -2.39. The number of piperazine rings is 1. The number of hydrogen-bond donors (Lipinski definition) is 1. The van der Waals surface area contributed by atoms with Crippen molar-refractivity contribution in [2.45, 2.75) is 55.9 Å². The van der Waals surface area contributed by atoms with Gasteiger partial charge in [0.05, 0.1) is 10.3 Å². The fourth-order valence-electron chi connectivity index (χ4n) is 4.55. The van der Waals surface area contributed by atoms with Crippen LogP contribution < -0.4 is 5.32 Å². The third-order valence-electron chi connectivity index (χ3n) is 6.43. The highest BCUT2D eigenvalue weighted by Crippen LogP contribution is 2.43. The molecule has 2 saturated carbocycles. The minimum absolute atomic E-state index is 0.0234. The second-order valence-electron chi connectivity index (χ2n) is 8.66. The molecule has 1 heterocycles. The molecule has 3 aliphatic rings. The van der Waals surface area contributed by atoms with E-state index in [4.69, 9.17) is 0 Å². The number of nitrogens with zero attached hydrogens (tertiary/aromatic N) is 2. The van der Waals surface area contributed by atoms with Gasteiger partial charge >= 0.3 is 0 Å². The number of carbonyl (C=O) groups excluding carboxylic acids is 2. The number of amides is 2. The van der Waals surface area contributed by atoms with Crippen molar-refractivity contribution in [3.63, 3.8) is 0 Å². The van der Waals surface area contributed by atoms with E-state index in [9.17, 15) is 22.4 Å². The molecule has 1 saturated heterocycles. The fraction of sp³-hybridized carbons (Fsp3) is 0.619. The van der Waals surface area contributed by atoms with Crippen LogP contribution in [0.4, 0.5) is 4.39 Å². The highest BCUT2D eigenvalue weighted by molar-refractivity contribution is 7.89. The van der Waals surface area contributed by atoms with Gasteiger partial charge in [-0.2, -0.15) is 4.31 Å². The van der Waals surface area contributed by atoms with Gasteiger partial charge < -0.3 is 10.2 Å². The van der Waals surface area contributed by atoms with Crippen molar-refractivity contribution in [3.05, 3.63) is 30.1 Å². The lowest BCUT2D eigenvalue weighted by molar-refractivity contribution is -0.146. The fourth-order valence-corrected chi connectivity index (χ4v) is 5.98. The average Bonchev–Trinajstić information content (AvgIpc) is 3.42. The van der Waals surface area contributed by atoms with Crippen LogP contribution in [0.3, 0.4) is 0 Å². The average molecular weight is 438 g/mol. The van der Waals surface area contributed by atoms with Gasteiger partial charge in [-0.3, -0.25) is 9.59 Å². The standard InChI is InChI=1S/C21H28FN3O4S/c22-16-3-7-18(8-4-16)30(28,29)25-13-11-24(12-14-25)20(27)21(9-1-2-10-21)15-19(26)23-17-5-6-17/h3-4,7-8,17H,1-2,5-6,9-15H2,(H,23,26). The van der Waals surface area contributed by atoms with Gasteiger partial charge in [0.15, 0.2) is 0 Å². The molecule has 2 aliphatic carbocycles. The molecule has 30 heavy (non-hydrogen) atoms.